The zero-order valence-corrected chi connectivity index (χ0v) is 11.6. The van der Waals surface area contributed by atoms with Crippen molar-refractivity contribution in [1.82, 2.24) is 14.3 Å². The van der Waals surface area contributed by atoms with E-state index in [-0.39, 0.29) is 6.10 Å². The molecule has 1 aromatic rings. The summed E-state index contributed by atoms with van der Waals surface area (Å²) in [5.74, 6) is 1.17. The summed E-state index contributed by atoms with van der Waals surface area (Å²) in [6, 6.07) is 1.76. The third-order valence-electron chi connectivity index (χ3n) is 2.81. The molecule has 0 radical (unpaired) electrons. The summed E-state index contributed by atoms with van der Waals surface area (Å²) in [6.45, 7) is 4.57. The van der Waals surface area contributed by atoms with Crippen molar-refractivity contribution >= 4 is 10.0 Å². The first-order valence-corrected chi connectivity index (χ1v) is 7.63. The van der Waals surface area contributed by atoms with E-state index in [0.29, 0.717) is 31.2 Å². The maximum Gasteiger partial charge on any atom is 0.217 e. The van der Waals surface area contributed by atoms with E-state index in [1.165, 1.54) is 10.6 Å². The van der Waals surface area contributed by atoms with Gasteiger partial charge < -0.3 is 4.74 Å². The molecule has 7 heteroatoms. The van der Waals surface area contributed by atoms with E-state index in [0.717, 1.165) is 5.69 Å². The molecular weight excluding hydrogens is 254 g/mol. The fraction of sp³-hybridized carbons (Fsp3) is 0.636. The Balaban J connectivity index is 2.03. The van der Waals surface area contributed by atoms with Gasteiger partial charge in [-0.2, -0.15) is 9.29 Å². The van der Waals surface area contributed by atoms with Crippen molar-refractivity contribution in [2.75, 3.05) is 19.3 Å². The summed E-state index contributed by atoms with van der Waals surface area (Å²) in [5.41, 5.74) is 0.843. The highest BCUT2D eigenvalue weighted by Gasteiger charge is 2.30. The van der Waals surface area contributed by atoms with Crippen molar-refractivity contribution in [2.24, 2.45) is 0 Å². The molecule has 0 amide bonds. The van der Waals surface area contributed by atoms with Crippen LogP contribution in [0.3, 0.4) is 0 Å². The smallest absolute Gasteiger partial charge is 0.217 e. The van der Waals surface area contributed by atoms with Gasteiger partial charge in [-0.3, -0.25) is 0 Å². The van der Waals surface area contributed by atoms with Crippen molar-refractivity contribution in [1.29, 1.82) is 0 Å². The molecule has 0 aromatic carbocycles. The first-order chi connectivity index (χ1) is 8.34. The molecule has 1 aromatic heterocycles. The molecule has 1 saturated heterocycles. The van der Waals surface area contributed by atoms with E-state index in [1.54, 1.807) is 13.0 Å². The van der Waals surface area contributed by atoms with Crippen LogP contribution >= 0.6 is 0 Å². The van der Waals surface area contributed by atoms with Crippen LogP contribution in [0.5, 0.6) is 5.88 Å². The number of sulfonamides is 1. The summed E-state index contributed by atoms with van der Waals surface area (Å²) in [6.07, 6.45) is 1.78. The van der Waals surface area contributed by atoms with Crippen LogP contribution in [-0.4, -0.2) is 48.1 Å². The van der Waals surface area contributed by atoms with Crippen LogP contribution in [0.2, 0.25) is 0 Å². The van der Waals surface area contributed by atoms with E-state index < -0.39 is 10.0 Å². The fourth-order valence-electron chi connectivity index (χ4n) is 2.01. The van der Waals surface area contributed by atoms with Gasteiger partial charge in [-0.25, -0.2) is 13.4 Å². The van der Waals surface area contributed by atoms with Crippen molar-refractivity contribution < 1.29 is 13.2 Å². The largest absolute Gasteiger partial charge is 0.473 e. The molecule has 0 bridgehead atoms. The summed E-state index contributed by atoms with van der Waals surface area (Å²) >= 11 is 0. The SMILES string of the molecule is Cc1cc(O[C@H]2CCN(S(C)(=O)=O)C2)nc(C)n1. The van der Waals surface area contributed by atoms with Crippen LogP contribution in [0.15, 0.2) is 6.07 Å². The zero-order valence-electron chi connectivity index (χ0n) is 10.8. The Kier molecular flexibility index (Phi) is 3.54. The summed E-state index contributed by atoms with van der Waals surface area (Å²) in [5, 5.41) is 0. The fourth-order valence-corrected chi connectivity index (χ4v) is 2.88. The van der Waals surface area contributed by atoms with Gasteiger partial charge in [0.15, 0.2) is 0 Å². The predicted octanol–water partition coefficient (Wildman–Crippen LogP) is 0.506. The van der Waals surface area contributed by atoms with Gasteiger partial charge in [0, 0.05) is 18.3 Å². The Morgan fingerprint density at radius 1 is 1.39 bits per heavy atom. The van der Waals surface area contributed by atoms with Gasteiger partial charge in [-0.05, 0) is 20.3 Å². The second-order valence-electron chi connectivity index (χ2n) is 4.54. The molecule has 0 N–H and O–H groups in total. The number of aromatic nitrogens is 2. The quantitative estimate of drug-likeness (QED) is 0.800. The van der Waals surface area contributed by atoms with Crippen LogP contribution in [0.4, 0.5) is 0 Å². The minimum atomic E-state index is -3.12. The van der Waals surface area contributed by atoms with Gasteiger partial charge in [0.25, 0.3) is 0 Å². The number of ether oxygens (including phenoxy) is 1. The van der Waals surface area contributed by atoms with Gasteiger partial charge >= 0.3 is 0 Å². The predicted molar refractivity (Wildman–Crippen MR) is 67.0 cm³/mol. The summed E-state index contributed by atoms with van der Waals surface area (Å²) in [7, 11) is -3.12. The Bertz CT molecular complexity index is 524. The van der Waals surface area contributed by atoms with Gasteiger partial charge in [0.2, 0.25) is 15.9 Å². The normalized spacial score (nSPS) is 21.2. The van der Waals surface area contributed by atoms with Crippen molar-refractivity contribution in [3.8, 4) is 5.88 Å². The average Bonchev–Trinajstić information content (AvgIpc) is 2.63. The molecule has 0 saturated carbocycles. The van der Waals surface area contributed by atoms with Crippen LogP contribution in [0.25, 0.3) is 0 Å². The molecule has 0 unspecified atom stereocenters. The minimum absolute atomic E-state index is 0.131. The van der Waals surface area contributed by atoms with E-state index in [9.17, 15) is 8.42 Å². The highest BCUT2D eigenvalue weighted by atomic mass is 32.2. The Morgan fingerprint density at radius 2 is 2.11 bits per heavy atom. The maximum atomic E-state index is 11.4. The lowest BCUT2D eigenvalue weighted by Crippen LogP contribution is -2.30. The topological polar surface area (TPSA) is 72.4 Å². The second kappa shape index (κ2) is 4.81. The lowest BCUT2D eigenvalue weighted by molar-refractivity contribution is 0.206. The Morgan fingerprint density at radius 3 is 2.67 bits per heavy atom. The van der Waals surface area contributed by atoms with Crippen molar-refractivity contribution in [3.63, 3.8) is 0 Å². The molecular formula is C11H17N3O3S. The van der Waals surface area contributed by atoms with E-state index in [4.69, 9.17) is 4.74 Å². The molecule has 2 heterocycles. The highest BCUT2D eigenvalue weighted by Crippen LogP contribution is 2.18. The molecule has 100 valence electrons. The van der Waals surface area contributed by atoms with Gasteiger partial charge in [-0.15, -0.1) is 0 Å². The Hall–Kier alpha value is -1.21. The number of hydrogen-bond acceptors (Lipinski definition) is 5. The number of nitrogens with zero attached hydrogens (tertiary/aromatic N) is 3. The Labute approximate surface area is 107 Å². The monoisotopic (exact) mass is 271 g/mol. The van der Waals surface area contributed by atoms with E-state index in [2.05, 4.69) is 9.97 Å². The third kappa shape index (κ3) is 3.17. The molecule has 1 aliphatic rings. The van der Waals surface area contributed by atoms with Crippen molar-refractivity contribution in [2.45, 2.75) is 26.4 Å². The number of hydrogen-bond donors (Lipinski definition) is 0. The molecule has 0 aliphatic carbocycles. The van der Waals surface area contributed by atoms with Crippen LogP contribution in [0.1, 0.15) is 17.9 Å². The first-order valence-electron chi connectivity index (χ1n) is 5.78. The molecule has 0 spiro atoms. The van der Waals surface area contributed by atoms with E-state index in [1.807, 2.05) is 6.92 Å². The summed E-state index contributed by atoms with van der Waals surface area (Å²) < 4.78 is 29.9. The highest BCUT2D eigenvalue weighted by molar-refractivity contribution is 7.88. The lowest BCUT2D eigenvalue weighted by Gasteiger charge is -2.14. The minimum Gasteiger partial charge on any atom is -0.473 e. The van der Waals surface area contributed by atoms with E-state index >= 15 is 0 Å². The standard InChI is InChI=1S/C11H17N3O3S/c1-8-6-11(13-9(2)12-8)17-10-4-5-14(7-10)18(3,15)16/h6,10H,4-5,7H2,1-3H3/t10-/m0/s1. The molecule has 1 atom stereocenters. The van der Waals surface area contributed by atoms with Crippen LogP contribution in [0, 0.1) is 13.8 Å². The molecule has 18 heavy (non-hydrogen) atoms. The molecule has 6 nitrogen and oxygen atoms in total. The maximum absolute atomic E-state index is 11.4. The number of rotatable bonds is 3. The second-order valence-corrected chi connectivity index (χ2v) is 6.53. The van der Waals surface area contributed by atoms with Gasteiger partial charge in [-0.1, -0.05) is 0 Å². The third-order valence-corrected chi connectivity index (χ3v) is 4.08. The summed E-state index contributed by atoms with van der Waals surface area (Å²) in [4.78, 5) is 8.35. The number of aryl methyl sites for hydroxylation is 2. The molecule has 2 rings (SSSR count). The van der Waals surface area contributed by atoms with Gasteiger partial charge in [0.1, 0.15) is 11.9 Å². The first kappa shape index (κ1) is 13.2. The van der Waals surface area contributed by atoms with Crippen LogP contribution < -0.4 is 4.74 Å². The van der Waals surface area contributed by atoms with Crippen molar-refractivity contribution in [3.05, 3.63) is 17.6 Å². The molecule has 1 aliphatic heterocycles. The van der Waals surface area contributed by atoms with Crippen LogP contribution in [-0.2, 0) is 10.0 Å². The average molecular weight is 271 g/mol. The van der Waals surface area contributed by atoms with Gasteiger partial charge in [0.05, 0.1) is 12.8 Å². The zero-order chi connectivity index (χ0) is 13.3. The lowest BCUT2D eigenvalue weighted by atomic mass is 10.3. The molecule has 1 fully saturated rings.